The Balaban J connectivity index is 1.52. The summed E-state index contributed by atoms with van der Waals surface area (Å²) in [6.45, 7) is 3.21. The summed E-state index contributed by atoms with van der Waals surface area (Å²) in [5.41, 5.74) is 3.35. The first-order chi connectivity index (χ1) is 15.0. The molecule has 0 unspecified atom stereocenters. The first-order valence-electron chi connectivity index (χ1n) is 10.7. The Bertz CT molecular complexity index is 875. The third-order valence-corrected chi connectivity index (χ3v) is 5.64. The number of aliphatic hydroxyl groups is 1. The standard InChI is InChI=1S/C24H32N4O3/c1-27(2)24(31)19-7-9-21(10-8-19)26-23(30)15-25-22-6-4-3-5-20(22)16-28-13-11-18(17-29)12-14-28/h3-10,18,25,29H,11-17H2,1-2H3,(H,26,30). The molecule has 0 atom stereocenters. The van der Waals surface area contributed by atoms with Crippen LogP contribution in [0.1, 0.15) is 28.8 Å². The van der Waals surface area contributed by atoms with Crippen molar-refractivity contribution in [1.29, 1.82) is 0 Å². The van der Waals surface area contributed by atoms with E-state index in [2.05, 4.69) is 21.6 Å². The summed E-state index contributed by atoms with van der Waals surface area (Å²) in [4.78, 5) is 28.3. The normalized spacial score (nSPS) is 14.8. The number of para-hydroxylation sites is 1. The fraction of sp³-hybridized carbons (Fsp3) is 0.417. The van der Waals surface area contributed by atoms with Gasteiger partial charge < -0.3 is 20.6 Å². The van der Waals surface area contributed by atoms with Gasteiger partial charge in [0.1, 0.15) is 0 Å². The highest BCUT2D eigenvalue weighted by molar-refractivity contribution is 5.96. The van der Waals surface area contributed by atoms with Gasteiger partial charge in [0.05, 0.1) is 6.54 Å². The molecule has 2 amide bonds. The number of anilines is 2. The summed E-state index contributed by atoms with van der Waals surface area (Å²) >= 11 is 0. The van der Waals surface area contributed by atoms with Crippen LogP contribution in [0.3, 0.4) is 0 Å². The van der Waals surface area contributed by atoms with Crippen LogP contribution in [-0.4, -0.2) is 67.1 Å². The molecule has 1 fully saturated rings. The third kappa shape index (κ3) is 6.54. The molecule has 0 aromatic heterocycles. The summed E-state index contributed by atoms with van der Waals surface area (Å²) in [7, 11) is 3.41. The molecular weight excluding hydrogens is 392 g/mol. The lowest BCUT2D eigenvalue weighted by Crippen LogP contribution is -2.34. The number of hydrogen-bond donors (Lipinski definition) is 3. The van der Waals surface area contributed by atoms with E-state index in [0.29, 0.717) is 17.2 Å². The zero-order valence-corrected chi connectivity index (χ0v) is 18.3. The quantitative estimate of drug-likeness (QED) is 0.607. The molecule has 7 nitrogen and oxygen atoms in total. The average Bonchev–Trinajstić information content (AvgIpc) is 2.79. The minimum atomic E-state index is -0.148. The van der Waals surface area contributed by atoms with Gasteiger partial charge in [-0.05, 0) is 67.7 Å². The maximum absolute atomic E-state index is 12.4. The SMILES string of the molecule is CN(C)C(=O)c1ccc(NC(=O)CNc2ccccc2CN2CCC(CO)CC2)cc1. The summed E-state index contributed by atoms with van der Waals surface area (Å²) in [5.74, 6) is 0.199. The number of nitrogens with one attached hydrogen (secondary N) is 2. The number of likely N-dealkylation sites (tertiary alicyclic amines) is 1. The molecule has 2 aromatic rings. The number of carbonyl (C=O) groups is 2. The highest BCUT2D eigenvalue weighted by Gasteiger charge is 2.19. The first-order valence-corrected chi connectivity index (χ1v) is 10.7. The maximum atomic E-state index is 12.4. The molecule has 1 aliphatic heterocycles. The molecule has 166 valence electrons. The molecule has 0 radical (unpaired) electrons. The second kappa shape index (κ2) is 10.9. The van der Waals surface area contributed by atoms with Crippen molar-refractivity contribution in [2.75, 3.05) is 51.0 Å². The Morgan fingerprint density at radius 3 is 2.39 bits per heavy atom. The van der Waals surface area contributed by atoms with Crippen molar-refractivity contribution in [3.63, 3.8) is 0 Å². The minimum absolute atomic E-state index is 0.0725. The van der Waals surface area contributed by atoms with Gasteiger partial charge in [0.25, 0.3) is 5.91 Å². The van der Waals surface area contributed by atoms with Crippen molar-refractivity contribution in [2.45, 2.75) is 19.4 Å². The van der Waals surface area contributed by atoms with E-state index >= 15 is 0 Å². The Morgan fingerprint density at radius 2 is 1.74 bits per heavy atom. The lowest BCUT2D eigenvalue weighted by molar-refractivity contribution is -0.114. The fourth-order valence-electron chi connectivity index (χ4n) is 3.73. The first kappa shape index (κ1) is 22.8. The van der Waals surface area contributed by atoms with Gasteiger partial charge in [0.2, 0.25) is 5.91 Å². The molecule has 0 aliphatic carbocycles. The van der Waals surface area contributed by atoms with Gasteiger partial charge >= 0.3 is 0 Å². The molecule has 1 aliphatic rings. The summed E-state index contributed by atoms with van der Waals surface area (Å²) < 4.78 is 0. The van der Waals surface area contributed by atoms with Gasteiger partial charge in [-0.15, -0.1) is 0 Å². The molecule has 0 saturated carbocycles. The lowest BCUT2D eigenvalue weighted by atomic mass is 9.97. The van der Waals surface area contributed by atoms with E-state index < -0.39 is 0 Å². The monoisotopic (exact) mass is 424 g/mol. The number of hydrogen-bond acceptors (Lipinski definition) is 5. The lowest BCUT2D eigenvalue weighted by Gasteiger charge is -2.31. The Hall–Kier alpha value is -2.90. The van der Waals surface area contributed by atoms with E-state index in [9.17, 15) is 14.7 Å². The van der Waals surface area contributed by atoms with E-state index in [0.717, 1.165) is 43.7 Å². The number of carbonyl (C=O) groups excluding carboxylic acids is 2. The van der Waals surface area contributed by atoms with Crippen LogP contribution in [0.4, 0.5) is 11.4 Å². The number of piperidine rings is 1. The third-order valence-electron chi connectivity index (χ3n) is 5.64. The summed E-state index contributed by atoms with van der Waals surface area (Å²) in [6.07, 6.45) is 2.04. The smallest absolute Gasteiger partial charge is 0.253 e. The van der Waals surface area contributed by atoms with Crippen LogP contribution in [0.25, 0.3) is 0 Å². The topological polar surface area (TPSA) is 84.9 Å². The predicted molar refractivity (Wildman–Crippen MR) is 123 cm³/mol. The van der Waals surface area contributed by atoms with Crippen molar-refractivity contribution >= 4 is 23.2 Å². The molecule has 2 aromatic carbocycles. The van der Waals surface area contributed by atoms with Gasteiger partial charge in [-0.3, -0.25) is 14.5 Å². The van der Waals surface area contributed by atoms with Crippen molar-refractivity contribution < 1.29 is 14.7 Å². The van der Waals surface area contributed by atoms with Crippen molar-refractivity contribution in [1.82, 2.24) is 9.80 Å². The van der Waals surface area contributed by atoms with Gasteiger partial charge in [-0.2, -0.15) is 0 Å². The molecule has 31 heavy (non-hydrogen) atoms. The van der Waals surface area contributed by atoms with E-state index in [1.54, 1.807) is 38.4 Å². The van der Waals surface area contributed by atoms with Gasteiger partial charge in [0, 0.05) is 44.2 Å². The molecule has 0 bridgehead atoms. The van der Waals surface area contributed by atoms with E-state index in [1.165, 1.54) is 4.90 Å². The van der Waals surface area contributed by atoms with Crippen molar-refractivity contribution in [2.24, 2.45) is 5.92 Å². The number of amides is 2. The molecule has 3 N–H and O–H groups in total. The summed E-state index contributed by atoms with van der Waals surface area (Å²) in [6, 6.07) is 14.9. The average molecular weight is 425 g/mol. The van der Waals surface area contributed by atoms with Crippen LogP contribution < -0.4 is 10.6 Å². The minimum Gasteiger partial charge on any atom is -0.396 e. The highest BCUT2D eigenvalue weighted by atomic mass is 16.3. The number of nitrogens with zero attached hydrogens (tertiary/aromatic N) is 2. The molecule has 3 rings (SSSR count). The van der Waals surface area contributed by atoms with Crippen LogP contribution >= 0.6 is 0 Å². The van der Waals surface area contributed by atoms with Gasteiger partial charge in [-0.1, -0.05) is 18.2 Å². The van der Waals surface area contributed by atoms with Crippen LogP contribution in [0, 0.1) is 5.92 Å². The van der Waals surface area contributed by atoms with E-state index in [4.69, 9.17) is 0 Å². The Labute approximate surface area is 184 Å². The van der Waals surface area contributed by atoms with Crippen molar-refractivity contribution in [3.05, 3.63) is 59.7 Å². The zero-order valence-electron chi connectivity index (χ0n) is 18.3. The van der Waals surface area contributed by atoms with Crippen LogP contribution in [-0.2, 0) is 11.3 Å². The highest BCUT2D eigenvalue weighted by Crippen LogP contribution is 2.22. The van der Waals surface area contributed by atoms with Crippen LogP contribution in [0.5, 0.6) is 0 Å². The van der Waals surface area contributed by atoms with Crippen LogP contribution in [0.15, 0.2) is 48.5 Å². The predicted octanol–water partition coefficient (Wildman–Crippen LogP) is 2.64. The molecule has 7 heteroatoms. The molecule has 0 spiro atoms. The largest absolute Gasteiger partial charge is 0.396 e. The number of aliphatic hydroxyl groups excluding tert-OH is 1. The zero-order chi connectivity index (χ0) is 22.2. The molecule has 1 saturated heterocycles. The van der Waals surface area contributed by atoms with E-state index in [-0.39, 0.29) is 25.0 Å². The number of rotatable bonds is 8. The number of benzene rings is 2. The Morgan fingerprint density at radius 1 is 1.06 bits per heavy atom. The van der Waals surface area contributed by atoms with E-state index in [1.807, 2.05) is 18.2 Å². The molecular formula is C24H32N4O3. The second-order valence-corrected chi connectivity index (χ2v) is 8.24. The summed E-state index contributed by atoms with van der Waals surface area (Å²) in [5, 5.41) is 15.4. The van der Waals surface area contributed by atoms with Crippen LogP contribution in [0.2, 0.25) is 0 Å². The Kier molecular flexibility index (Phi) is 8.03. The molecule has 1 heterocycles. The van der Waals surface area contributed by atoms with Crippen molar-refractivity contribution in [3.8, 4) is 0 Å². The maximum Gasteiger partial charge on any atom is 0.253 e. The fourth-order valence-corrected chi connectivity index (χ4v) is 3.73. The second-order valence-electron chi connectivity index (χ2n) is 8.24. The van der Waals surface area contributed by atoms with Gasteiger partial charge in [-0.25, -0.2) is 0 Å². The van der Waals surface area contributed by atoms with Gasteiger partial charge in [0.15, 0.2) is 0 Å².